The molecule has 2 aromatic rings. The average Bonchev–Trinajstić information content (AvgIpc) is 3.20. The van der Waals surface area contributed by atoms with Gasteiger partial charge in [-0.25, -0.2) is 0 Å². The van der Waals surface area contributed by atoms with E-state index in [9.17, 15) is 14.4 Å². The first kappa shape index (κ1) is 21.9. The topological polar surface area (TPSA) is 62.6 Å². The minimum absolute atomic E-state index is 0.102. The van der Waals surface area contributed by atoms with E-state index in [4.69, 9.17) is 0 Å². The molecule has 3 amide bonds. The van der Waals surface area contributed by atoms with Gasteiger partial charge in [0.05, 0.1) is 4.91 Å². The number of aromatic nitrogens is 1. The number of likely N-dealkylation sites (tertiary alicyclic amines) is 1. The third-order valence-electron chi connectivity index (χ3n) is 5.77. The van der Waals surface area contributed by atoms with Crippen LogP contribution in [0.3, 0.4) is 0 Å². The summed E-state index contributed by atoms with van der Waals surface area (Å²) >= 11 is 4.44. The molecule has 0 N–H and O–H groups in total. The Kier molecular flexibility index (Phi) is 6.39. The van der Waals surface area contributed by atoms with E-state index >= 15 is 0 Å². The molecule has 0 spiro atoms. The molecule has 3 heterocycles. The first-order valence-corrected chi connectivity index (χ1v) is 11.9. The second-order valence-corrected chi connectivity index (χ2v) is 9.80. The Labute approximate surface area is 194 Å². The number of thioether (sulfide) groups is 1. The lowest BCUT2D eigenvalue weighted by Crippen LogP contribution is -2.43. The lowest BCUT2D eigenvalue weighted by atomic mass is 10.0. The average molecular weight is 502 g/mol. The fourth-order valence-corrected chi connectivity index (χ4v) is 5.38. The van der Waals surface area contributed by atoms with Gasteiger partial charge in [0, 0.05) is 46.3 Å². The first-order valence-electron chi connectivity index (χ1n) is 10.3. The lowest BCUT2D eigenvalue weighted by Gasteiger charge is -2.33. The van der Waals surface area contributed by atoms with Crippen molar-refractivity contribution < 1.29 is 14.4 Å². The predicted octanol–water partition coefficient (Wildman–Crippen LogP) is 5.03. The van der Waals surface area contributed by atoms with Gasteiger partial charge in [-0.1, -0.05) is 22.0 Å². The second-order valence-electron chi connectivity index (χ2n) is 7.89. The van der Waals surface area contributed by atoms with Gasteiger partial charge in [-0.05, 0) is 62.2 Å². The van der Waals surface area contributed by atoms with Crippen LogP contribution < -0.4 is 0 Å². The molecule has 2 aliphatic rings. The van der Waals surface area contributed by atoms with E-state index < -0.39 is 0 Å². The van der Waals surface area contributed by atoms with Crippen LogP contribution >= 0.6 is 27.7 Å². The summed E-state index contributed by atoms with van der Waals surface area (Å²) < 4.78 is 2.84. The highest BCUT2D eigenvalue weighted by molar-refractivity contribution is 9.10. The molecule has 4 rings (SSSR count). The molecule has 0 radical (unpaired) electrons. The van der Waals surface area contributed by atoms with Gasteiger partial charge in [0.2, 0.25) is 5.91 Å². The number of carbonyl (C=O) groups excluding carboxylic acids is 3. The molecule has 0 bridgehead atoms. The summed E-state index contributed by atoms with van der Waals surface area (Å²) in [6.07, 6.45) is 8.42. The number of fused-ring (bicyclic) bond motifs is 1. The highest BCUT2D eigenvalue weighted by Crippen LogP contribution is 2.35. The summed E-state index contributed by atoms with van der Waals surface area (Å²) in [4.78, 5) is 41.3. The summed E-state index contributed by atoms with van der Waals surface area (Å²) in [5, 5.41) is 0.625. The van der Waals surface area contributed by atoms with Crippen molar-refractivity contribution in [3.63, 3.8) is 0 Å². The second kappa shape index (κ2) is 9.04. The van der Waals surface area contributed by atoms with Crippen LogP contribution in [-0.2, 0) is 16.1 Å². The fourth-order valence-electron chi connectivity index (χ4n) is 4.18. The number of halogens is 1. The van der Waals surface area contributed by atoms with Crippen molar-refractivity contribution in [1.82, 2.24) is 14.4 Å². The molecule has 162 valence electrons. The van der Waals surface area contributed by atoms with E-state index in [0.29, 0.717) is 4.91 Å². The predicted molar refractivity (Wildman–Crippen MR) is 128 cm³/mol. The SMILES string of the molecule is C=CCN1C(=O)S/C(=C\c2cn(CC(=O)N3CCCC[C@H]3C)c3ccc(Br)cc23)C1=O. The van der Waals surface area contributed by atoms with Gasteiger partial charge in [0.15, 0.2) is 0 Å². The van der Waals surface area contributed by atoms with Crippen molar-refractivity contribution in [3.8, 4) is 0 Å². The maximum absolute atomic E-state index is 13.0. The third kappa shape index (κ3) is 4.36. The molecule has 2 saturated heterocycles. The van der Waals surface area contributed by atoms with Crippen LogP contribution in [0.4, 0.5) is 4.79 Å². The summed E-state index contributed by atoms with van der Waals surface area (Å²) in [5.41, 5.74) is 1.72. The van der Waals surface area contributed by atoms with E-state index in [2.05, 4.69) is 29.4 Å². The van der Waals surface area contributed by atoms with Gasteiger partial charge in [-0.3, -0.25) is 19.3 Å². The summed E-state index contributed by atoms with van der Waals surface area (Å²) in [5.74, 6) is -0.214. The highest BCUT2D eigenvalue weighted by atomic mass is 79.9. The van der Waals surface area contributed by atoms with Crippen molar-refractivity contribution in [2.75, 3.05) is 13.1 Å². The fraction of sp³-hybridized carbons (Fsp3) is 0.348. The monoisotopic (exact) mass is 501 g/mol. The highest BCUT2D eigenvalue weighted by Gasteiger charge is 2.34. The largest absolute Gasteiger partial charge is 0.338 e. The molecule has 0 aliphatic carbocycles. The van der Waals surface area contributed by atoms with Crippen LogP contribution in [0.2, 0.25) is 0 Å². The smallest absolute Gasteiger partial charge is 0.293 e. The number of benzene rings is 1. The first-order chi connectivity index (χ1) is 14.9. The van der Waals surface area contributed by atoms with E-state index in [0.717, 1.165) is 58.5 Å². The number of rotatable bonds is 5. The van der Waals surface area contributed by atoms with Crippen LogP contribution in [0.1, 0.15) is 31.7 Å². The van der Waals surface area contributed by atoms with Gasteiger partial charge in [0.1, 0.15) is 6.54 Å². The van der Waals surface area contributed by atoms with Gasteiger partial charge in [0.25, 0.3) is 11.1 Å². The third-order valence-corrected chi connectivity index (χ3v) is 7.18. The normalized spacial score (nSPS) is 20.8. The molecule has 6 nitrogen and oxygen atoms in total. The Morgan fingerprint density at radius 2 is 2.13 bits per heavy atom. The van der Waals surface area contributed by atoms with Crippen LogP contribution in [0.15, 0.2) is 46.4 Å². The number of piperidine rings is 1. The number of amides is 3. The number of nitrogens with zero attached hydrogens (tertiary/aromatic N) is 3. The molecule has 31 heavy (non-hydrogen) atoms. The number of imide groups is 1. The minimum Gasteiger partial charge on any atom is -0.338 e. The Morgan fingerprint density at radius 3 is 2.87 bits per heavy atom. The standard InChI is InChI=1S/C23H24BrN3O3S/c1-3-9-27-22(29)20(31-23(27)30)11-16-13-25(19-8-7-17(24)12-18(16)19)14-21(28)26-10-5-4-6-15(26)2/h3,7-8,11-13,15H,1,4-6,9-10,14H2,2H3/b20-11-/t15-/m1/s1. The molecule has 0 saturated carbocycles. The minimum atomic E-state index is -0.316. The molecular weight excluding hydrogens is 478 g/mol. The van der Waals surface area contributed by atoms with E-state index in [1.165, 1.54) is 11.0 Å². The number of hydrogen-bond acceptors (Lipinski definition) is 4. The summed E-state index contributed by atoms with van der Waals surface area (Å²) in [7, 11) is 0. The van der Waals surface area contributed by atoms with Crippen LogP contribution in [0.5, 0.6) is 0 Å². The van der Waals surface area contributed by atoms with Gasteiger partial charge in [-0.15, -0.1) is 6.58 Å². The molecule has 0 unspecified atom stereocenters. The van der Waals surface area contributed by atoms with Gasteiger partial charge in [-0.2, -0.15) is 0 Å². The molecule has 2 fully saturated rings. The maximum atomic E-state index is 13.0. The molecule has 1 aromatic carbocycles. The van der Waals surface area contributed by atoms with Crippen molar-refractivity contribution in [2.45, 2.75) is 38.8 Å². The van der Waals surface area contributed by atoms with E-state index in [-0.39, 0.29) is 36.2 Å². The van der Waals surface area contributed by atoms with Crippen molar-refractivity contribution in [2.24, 2.45) is 0 Å². The molecule has 8 heteroatoms. The number of hydrogen-bond donors (Lipinski definition) is 0. The summed E-state index contributed by atoms with van der Waals surface area (Å²) in [6, 6.07) is 6.13. The van der Waals surface area contributed by atoms with Crippen molar-refractivity contribution in [1.29, 1.82) is 0 Å². The van der Waals surface area contributed by atoms with E-state index in [1.54, 1.807) is 6.08 Å². The van der Waals surface area contributed by atoms with Crippen molar-refractivity contribution in [3.05, 3.63) is 52.0 Å². The molecular formula is C23H24BrN3O3S. The zero-order chi connectivity index (χ0) is 22.1. The van der Waals surface area contributed by atoms with Crippen LogP contribution in [0.25, 0.3) is 17.0 Å². The van der Waals surface area contributed by atoms with E-state index in [1.807, 2.05) is 33.9 Å². The molecule has 1 aromatic heterocycles. The summed E-state index contributed by atoms with van der Waals surface area (Å²) in [6.45, 7) is 6.95. The Bertz CT molecular complexity index is 1110. The van der Waals surface area contributed by atoms with Gasteiger partial charge >= 0.3 is 0 Å². The zero-order valence-corrected chi connectivity index (χ0v) is 19.7. The number of carbonyl (C=O) groups is 3. The Hall–Kier alpha value is -2.32. The maximum Gasteiger partial charge on any atom is 0.293 e. The Balaban J connectivity index is 1.68. The molecule has 2 aliphatic heterocycles. The Morgan fingerprint density at radius 1 is 1.32 bits per heavy atom. The quantitative estimate of drug-likeness (QED) is 0.425. The molecule has 1 atom stereocenters. The van der Waals surface area contributed by atoms with Crippen molar-refractivity contribution >= 4 is 61.7 Å². The zero-order valence-electron chi connectivity index (χ0n) is 17.3. The van der Waals surface area contributed by atoms with Crippen LogP contribution in [0, 0.1) is 0 Å². The van der Waals surface area contributed by atoms with Crippen LogP contribution in [-0.4, -0.2) is 50.6 Å². The lowest BCUT2D eigenvalue weighted by molar-refractivity contribution is -0.135. The van der Waals surface area contributed by atoms with Gasteiger partial charge < -0.3 is 9.47 Å².